The number of fused-ring (bicyclic) bond motifs is 2. The first kappa shape index (κ1) is 63.4. The van der Waals surface area contributed by atoms with Crippen LogP contribution in [0.2, 0.25) is 0 Å². The second-order valence-corrected chi connectivity index (χ2v) is 23.8. The number of hydrogen-bond donors (Lipinski definition) is 8. The molecule has 7 aromatic rings. The van der Waals surface area contributed by atoms with Gasteiger partial charge in [-0.1, -0.05) is 18.2 Å². The maximum absolute atomic E-state index is 14.2. The third kappa shape index (κ3) is 17.4. The highest BCUT2D eigenvalue weighted by molar-refractivity contribution is 7.83. The van der Waals surface area contributed by atoms with E-state index in [0.717, 1.165) is 0 Å². The Morgan fingerprint density at radius 3 is 0.952 bits per heavy atom. The molecule has 5 aromatic carbocycles. The summed E-state index contributed by atoms with van der Waals surface area (Å²) >= 11 is 0. The lowest BCUT2D eigenvalue weighted by atomic mass is 10.1. The van der Waals surface area contributed by atoms with Gasteiger partial charge in [0.05, 0.1) is 0 Å². The SMILES string of the molecule is O=c1c(OS(=O)(=O)O)c(-c2ccc(OS(=O)(=O)O)c(OS(=O)(=O)O)c2)oc2cc(OS(=O)(=O)O)cc(OCc3cccc(COc4cc(OS(=O)(=O)O)cc5oc(-c6ccc(OS(=O)(=O)O)c(OS(=O)(=O)O)c6)c(OS(=O)(=O)O)c(=O)c45)c3)c12. The molecule has 0 unspecified atom stereocenters. The van der Waals surface area contributed by atoms with Crippen molar-refractivity contribution in [3.05, 3.63) is 117 Å². The van der Waals surface area contributed by atoms with Crippen molar-refractivity contribution < 1.29 is 156 Å². The van der Waals surface area contributed by atoms with Crippen molar-refractivity contribution in [2.24, 2.45) is 0 Å². The van der Waals surface area contributed by atoms with Gasteiger partial charge in [0.25, 0.3) is 0 Å². The van der Waals surface area contributed by atoms with Crippen LogP contribution in [-0.4, -0.2) is 104 Å². The molecule has 0 amide bonds. The molecule has 0 aliphatic rings. The van der Waals surface area contributed by atoms with Gasteiger partial charge in [0.2, 0.25) is 22.4 Å². The molecule has 2 heterocycles. The molecule has 0 aliphatic carbocycles. The van der Waals surface area contributed by atoms with Crippen LogP contribution in [-0.2, 0) is 96.4 Å². The van der Waals surface area contributed by atoms with Crippen molar-refractivity contribution in [3.63, 3.8) is 0 Å². The Labute approximate surface area is 468 Å². The van der Waals surface area contributed by atoms with Crippen molar-refractivity contribution in [1.29, 1.82) is 0 Å². The highest BCUT2D eigenvalue weighted by Gasteiger charge is 2.31. The van der Waals surface area contributed by atoms with E-state index in [2.05, 4.69) is 33.5 Å². The molecule has 46 heteroatoms. The van der Waals surface area contributed by atoms with Crippen LogP contribution in [0.15, 0.2) is 103 Å². The first-order valence-electron chi connectivity index (χ1n) is 20.6. The quantitative estimate of drug-likeness (QED) is 0.0400. The third-order valence-electron chi connectivity index (χ3n) is 9.53. The molecule has 38 nitrogen and oxygen atoms in total. The Hall–Kier alpha value is -8.20. The van der Waals surface area contributed by atoms with Crippen LogP contribution in [0.4, 0.5) is 0 Å². The molecular formula is C38H26O38S8. The average Bonchev–Trinajstić information content (AvgIpc) is 1.66. The van der Waals surface area contributed by atoms with Gasteiger partial charge >= 0.3 is 83.2 Å². The number of rotatable bonds is 24. The van der Waals surface area contributed by atoms with Crippen LogP contribution >= 0.6 is 0 Å². The van der Waals surface area contributed by atoms with Crippen LogP contribution < -0.4 is 53.8 Å². The van der Waals surface area contributed by atoms with Crippen molar-refractivity contribution in [2.45, 2.75) is 13.2 Å². The lowest BCUT2D eigenvalue weighted by Crippen LogP contribution is -2.17. The van der Waals surface area contributed by atoms with E-state index in [0.29, 0.717) is 60.7 Å². The topological polar surface area (TPSA) is 588 Å². The standard InChI is InChI=1S/C38H26O38S8/c39-33-31-27(11-21(69-77(41,42)43)13-29(31)67-35(37(33)75-83(59,60)61)19-4-6-23(71-79(47,48)49)25(9-19)73-81(53,54)55)65-15-17-2-1-3-18(8-17)16-66-28-12-22(70-78(44,45)46)14-30-32(28)34(40)38(76-84(62,63)64)36(68-30)20-5-7-24(72-80(50,51)52)26(10-20)74-82(56,57)58/h1-14H,15-16H2,(H,41,42,43)(H,44,45,46)(H,47,48,49)(H,50,51,52)(H,53,54,55)(H,56,57,58)(H,59,60,61)(H,62,63,64). The van der Waals surface area contributed by atoms with Crippen LogP contribution in [0.1, 0.15) is 11.1 Å². The minimum absolute atomic E-state index is 0.0194. The summed E-state index contributed by atoms with van der Waals surface area (Å²) in [6.07, 6.45) is 0. The lowest BCUT2D eigenvalue weighted by Gasteiger charge is -2.16. The molecule has 0 atom stereocenters. The zero-order chi connectivity index (χ0) is 62.5. The molecule has 0 aliphatic heterocycles. The predicted octanol–water partition coefficient (Wildman–Crippen LogP) is 1.84. The zero-order valence-corrected chi connectivity index (χ0v) is 46.1. The average molecular weight is 1350 g/mol. The predicted molar refractivity (Wildman–Crippen MR) is 268 cm³/mol. The summed E-state index contributed by atoms with van der Waals surface area (Å²) in [7, 11) is -44.7. The van der Waals surface area contributed by atoms with Crippen LogP contribution in [0.5, 0.6) is 57.5 Å². The van der Waals surface area contributed by atoms with Crippen LogP contribution in [0, 0.1) is 0 Å². The van der Waals surface area contributed by atoms with E-state index in [1.807, 2.05) is 0 Å². The van der Waals surface area contributed by atoms with E-state index < -0.39 is 209 Å². The summed E-state index contributed by atoms with van der Waals surface area (Å²) in [6, 6.07) is 10.4. The minimum atomic E-state index is -5.78. The molecule has 0 radical (unpaired) electrons. The van der Waals surface area contributed by atoms with E-state index in [4.69, 9.17) is 27.4 Å². The molecule has 0 spiro atoms. The Kier molecular flexibility index (Phi) is 17.2. The number of hydrogen-bond acceptors (Lipinski definition) is 30. The summed E-state index contributed by atoms with van der Waals surface area (Å²) in [5, 5.41) is -1.82. The minimum Gasteiger partial charge on any atom is -0.488 e. The van der Waals surface area contributed by atoms with Crippen molar-refractivity contribution >= 4 is 105 Å². The fourth-order valence-corrected chi connectivity index (χ4v) is 9.79. The second-order valence-electron chi connectivity index (χ2n) is 15.6. The van der Waals surface area contributed by atoms with Gasteiger partial charge in [0.1, 0.15) is 46.7 Å². The molecule has 8 N–H and O–H groups in total. The fraction of sp³-hybridized carbons (Fsp3) is 0.0526. The van der Waals surface area contributed by atoms with E-state index in [-0.39, 0.29) is 11.1 Å². The first-order valence-corrected chi connectivity index (χ1v) is 31.5. The maximum Gasteiger partial charge on any atom is 0.446 e. The zero-order valence-electron chi connectivity index (χ0n) is 39.6. The van der Waals surface area contributed by atoms with E-state index >= 15 is 0 Å². The largest absolute Gasteiger partial charge is 0.488 e. The molecular weight excluding hydrogens is 1320 g/mol. The third-order valence-corrected chi connectivity index (χ3v) is 12.7. The molecule has 0 saturated heterocycles. The van der Waals surface area contributed by atoms with E-state index in [9.17, 15) is 104 Å². The van der Waals surface area contributed by atoms with Gasteiger partial charge in [-0.3, -0.25) is 46.0 Å². The van der Waals surface area contributed by atoms with Crippen molar-refractivity contribution in [1.82, 2.24) is 0 Å². The summed E-state index contributed by atoms with van der Waals surface area (Å²) in [4.78, 5) is 28.4. The Balaban J connectivity index is 1.31. The Bertz CT molecular complexity index is 4630. The first-order chi connectivity index (χ1) is 38.3. The summed E-state index contributed by atoms with van der Waals surface area (Å²) < 4.78 is 321. The monoisotopic (exact) mass is 1350 g/mol. The van der Waals surface area contributed by atoms with Gasteiger partial charge in [0.15, 0.2) is 46.0 Å². The summed E-state index contributed by atoms with van der Waals surface area (Å²) in [5.74, 6) is -14.0. The van der Waals surface area contributed by atoms with Crippen LogP contribution in [0.25, 0.3) is 44.6 Å². The molecule has 7 rings (SSSR count). The normalized spacial score (nSPS) is 12.8. The Morgan fingerprint density at radius 2 is 0.643 bits per heavy atom. The molecule has 454 valence electrons. The molecule has 2 aromatic heterocycles. The molecule has 0 saturated carbocycles. The van der Waals surface area contributed by atoms with Crippen molar-refractivity contribution in [3.8, 4) is 80.1 Å². The molecule has 0 fully saturated rings. The van der Waals surface area contributed by atoms with Gasteiger partial charge < -0.3 is 51.8 Å². The van der Waals surface area contributed by atoms with Crippen LogP contribution in [0.3, 0.4) is 0 Å². The Morgan fingerprint density at radius 1 is 0.333 bits per heavy atom. The maximum atomic E-state index is 14.2. The fourth-order valence-electron chi connectivity index (χ4n) is 6.95. The number of benzene rings is 5. The van der Waals surface area contributed by atoms with Crippen molar-refractivity contribution in [2.75, 3.05) is 0 Å². The smallest absolute Gasteiger partial charge is 0.446 e. The highest BCUT2D eigenvalue weighted by Crippen LogP contribution is 2.43. The van der Waals surface area contributed by atoms with E-state index in [1.54, 1.807) is 0 Å². The second kappa shape index (κ2) is 22.8. The van der Waals surface area contributed by atoms with Gasteiger partial charge in [-0.2, -0.15) is 67.3 Å². The lowest BCUT2D eigenvalue weighted by molar-refractivity contribution is 0.301. The van der Waals surface area contributed by atoms with E-state index in [1.165, 1.54) is 24.3 Å². The molecule has 84 heavy (non-hydrogen) atoms. The van der Waals surface area contributed by atoms with Gasteiger partial charge in [0, 0.05) is 35.4 Å². The van der Waals surface area contributed by atoms with Gasteiger partial charge in [-0.25, -0.2) is 0 Å². The summed E-state index contributed by atoms with van der Waals surface area (Å²) in [5.41, 5.74) is -6.59. The van der Waals surface area contributed by atoms with Gasteiger partial charge in [-0.15, -0.1) is 0 Å². The molecule has 0 bridgehead atoms. The summed E-state index contributed by atoms with van der Waals surface area (Å²) in [6.45, 7) is -1.52. The van der Waals surface area contributed by atoms with Gasteiger partial charge in [-0.05, 0) is 53.6 Å². The number of ether oxygens (including phenoxy) is 2. The highest BCUT2D eigenvalue weighted by atomic mass is 32.3.